The standard InChI is InChI=1S/C17H34O4Si/c1-12-14(10-11-19-22(8,9)16(3,4)5)20-17(6,7)21-15(12)13(2)18/h12,14-15H,10-11H2,1-9H3/t12-,14-,15+/m0/s1. The summed E-state index contributed by atoms with van der Waals surface area (Å²) >= 11 is 0. The van der Waals surface area contributed by atoms with Crippen LogP contribution in [0.3, 0.4) is 0 Å². The van der Waals surface area contributed by atoms with Gasteiger partial charge in [-0.15, -0.1) is 0 Å². The van der Waals surface area contributed by atoms with Crippen molar-refractivity contribution >= 4 is 14.1 Å². The van der Waals surface area contributed by atoms with Gasteiger partial charge in [0.25, 0.3) is 0 Å². The van der Waals surface area contributed by atoms with Crippen LogP contribution in [0.25, 0.3) is 0 Å². The van der Waals surface area contributed by atoms with E-state index in [0.29, 0.717) is 6.61 Å². The van der Waals surface area contributed by atoms with E-state index in [0.717, 1.165) is 6.42 Å². The van der Waals surface area contributed by atoms with E-state index >= 15 is 0 Å². The maximum atomic E-state index is 11.8. The number of carbonyl (C=O) groups is 1. The lowest BCUT2D eigenvalue weighted by Gasteiger charge is -2.44. The van der Waals surface area contributed by atoms with Crippen LogP contribution in [0.1, 0.15) is 54.9 Å². The molecule has 1 rings (SSSR count). The predicted molar refractivity (Wildman–Crippen MR) is 91.4 cm³/mol. The highest BCUT2D eigenvalue weighted by atomic mass is 28.4. The molecular formula is C17H34O4Si. The van der Waals surface area contributed by atoms with Crippen molar-refractivity contribution in [2.24, 2.45) is 5.92 Å². The Kier molecular flexibility index (Phi) is 6.05. The molecule has 0 radical (unpaired) electrons. The molecule has 0 N–H and O–H groups in total. The summed E-state index contributed by atoms with van der Waals surface area (Å²) in [5, 5.41) is 0.205. The van der Waals surface area contributed by atoms with Crippen LogP contribution < -0.4 is 0 Å². The first-order valence-corrected chi connectivity index (χ1v) is 11.2. The molecule has 0 unspecified atom stereocenters. The third-order valence-electron chi connectivity index (χ3n) is 4.98. The molecule has 0 saturated carbocycles. The summed E-state index contributed by atoms with van der Waals surface area (Å²) in [5.74, 6) is -0.600. The Balaban J connectivity index is 2.66. The van der Waals surface area contributed by atoms with E-state index in [2.05, 4.69) is 33.9 Å². The van der Waals surface area contributed by atoms with Gasteiger partial charge in [-0.2, -0.15) is 0 Å². The van der Waals surface area contributed by atoms with Crippen LogP contribution in [0.4, 0.5) is 0 Å². The van der Waals surface area contributed by atoms with E-state index in [-0.39, 0.29) is 28.9 Å². The average molecular weight is 331 g/mol. The van der Waals surface area contributed by atoms with Crippen molar-refractivity contribution < 1.29 is 18.7 Å². The number of ketones is 1. The first kappa shape index (κ1) is 19.8. The quantitative estimate of drug-likeness (QED) is 0.711. The molecule has 1 aliphatic rings. The van der Waals surface area contributed by atoms with Crippen LogP contribution in [0, 0.1) is 5.92 Å². The molecular weight excluding hydrogens is 296 g/mol. The third kappa shape index (κ3) is 4.88. The largest absolute Gasteiger partial charge is 0.417 e. The van der Waals surface area contributed by atoms with Crippen LogP contribution in [0.15, 0.2) is 0 Å². The van der Waals surface area contributed by atoms with Crippen molar-refractivity contribution in [3.63, 3.8) is 0 Å². The van der Waals surface area contributed by atoms with E-state index in [9.17, 15) is 4.79 Å². The van der Waals surface area contributed by atoms with Crippen LogP contribution in [-0.4, -0.2) is 38.7 Å². The van der Waals surface area contributed by atoms with Gasteiger partial charge in [0.2, 0.25) is 0 Å². The number of hydrogen-bond donors (Lipinski definition) is 0. The summed E-state index contributed by atoms with van der Waals surface area (Å²) in [7, 11) is -1.74. The molecule has 0 aromatic rings. The Morgan fingerprint density at radius 3 is 2.23 bits per heavy atom. The maximum Gasteiger partial charge on any atom is 0.191 e. The highest BCUT2D eigenvalue weighted by Gasteiger charge is 2.43. The van der Waals surface area contributed by atoms with Gasteiger partial charge >= 0.3 is 0 Å². The Hall–Kier alpha value is -0.233. The van der Waals surface area contributed by atoms with Gasteiger partial charge in [-0.1, -0.05) is 27.7 Å². The lowest BCUT2D eigenvalue weighted by atomic mass is 9.91. The number of hydrogen-bond acceptors (Lipinski definition) is 4. The van der Waals surface area contributed by atoms with Crippen LogP contribution in [0.2, 0.25) is 18.1 Å². The second-order valence-corrected chi connectivity index (χ2v) is 13.3. The lowest BCUT2D eigenvalue weighted by molar-refractivity contribution is -0.312. The zero-order valence-electron chi connectivity index (χ0n) is 15.8. The second-order valence-electron chi connectivity index (χ2n) is 8.46. The SMILES string of the molecule is CC(=O)[C@@H]1OC(C)(C)O[C@@H](CCO[Si](C)(C)C(C)(C)C)[C@@H]1C. The van der Waals surface area contributed by atoms with Crippen molar-refractivity contribution in [1.82, 2.24) is 0 Å². The molecule has 0 aromatic heterocycles. The second kappa shape index (κ2) is 6.71. The summed E-state index contributed by atoms with van der Waals surface area (Å²) in [6.45, 7) is 19.3. The minimum atomic E-state index is -1.74. The molecule has 1 aliphatic heterocycles. The summed E-state index contributed by atoms with van der Waals surface area (Å²) in [6.07, 6.45) is 0.397. The summed E-state index contributed by atoms with van der Waals surface area (Å²) < 4.78 is 18.0. The zero-order valence-corrected chi connectivity index (χ0v) is 16.8. The molecule has 1 saturated heterocycles. The van der Waals surface area contributed by atoms with Crippen molar-refractivity contribution in [2.75, 3.05) is 6.61 Å². The van der Waals surface area contributed by atoms with Gasteiger partial charge in [0, 0.05) is 12.5 Å². The van der Waals surface area contributed by atoms with Gasteiger partial charge in [-0.25, -0.2) is 0 Å². The summed E-state index contributed by atoms with van der Waals surface area (Å²) in [6, 6.07) is 0. The van der Waals surface area contributed by atoms with Gasteiger partial charge in [0.1, 0.15) is 6.10 Å². The Bertz CT molecular complexity index is 398. The molecule has 0 aliphatic carbocycles. The molecule has 0 bridgehead atoms. The van der Waals surface area contributed by atoms with Crippen LogP contribution in [-0.2, 0) is 18.7 Å². The monoisotopic (exact) mass is 330 g/mol. The minimum absolute atomic E-state index is 0.0116. The molecule has 22 heavy (non-hydrogen) atoms. The molecule has 3 atom stereocenters. The van der Waals surface area contributed by atoms with Crippen molar-refractivity contribution in [3.8, 4) is 0 Å². The summed E-state index contributed by atoms with van der Waals surface area (Å²) in [4.78, 5) is 11.8. The highest BCUT2D eigenvalue weighted by Crippen LogP contribution is 2.37. The van der Waals surface area contributed by atoms with Gasteiger partial charge < -0.3 is 13.9 Å². The van der Waals surface area contributed by atoms with Crippen molar-refractivity contribution in [1.29, 1.82) is 0 Å². The van der Waals surface area contributed by atoms with E-state index in [1.807, 2.05) is 20.8 Å². The average Bonchev–Trinajstić information content (AvgIpc) is 2.30. The lowest BCUT2D eigenvalue weighted by Crippen LogP contribution is -2.53. The molecule has 0 aromatic carbocycles. The zero-order chi connectivity index (χ0) is 17.3. The van der Waals surface area contributed by atoms with Crippen molar-refractivity contribution in [2.45, 2.75) is 91.0 Å². The first-order valence-electron chi connectivity index (χ1n) is 8.27. The Morgan fingerprint density at radius 2 is 1.77 bits per heavy atom. The Morgan fingerprint density at radius 1 is 1.23 bits per heavy atom. The normalized spacial score (nSPS) is 29.4. The number of carbonyl (C=O) groups excluding carboxylic acids is 1. The fourth-order valence-electron chi connectivity index (χ4n) is 2.53. The number of Topliss-reactive ketones (excluding diaryl/α,β-unsaturated/α-hetero) is 1. The molecule has 0 amide bonds. The fraction of sp³-hybridized carbons (Fsp3) is 0.941. The van der Waals surface area contributed by atoms with E-state index in [1.165, 1.54) is 0 Å². The molecule has 5 heteroatoms. The molecule has 4 nitrogen and oxygen atoms in total. The smallest absolute Gasteiger partial charge is 0.191 e. The van der Waals surface area contributed by atoms with Gasteiger partial charge in [0.05, 0.1) is 6.10 Å². The predicted octanol–water partition coefficient (Wildman–Crippen LogP) is 4.14. The Labute approximate surface area is 137 Å². The molecule has 1 fully saturated rings. The number of ether oxygens (including phenoxy) is 2. The summed E-state index contributed by atoms with van der Waals surface area (Å²) in [5.41, 5.74) is 0. The van der Waals surface area contributed by atoms with Gasteiger partial charge in [-0.3, -0.25) is 4.79 Å². The minimum Gasteiger partial charge on any atom is -0.417 e. The van der Waals surface area contributed by atoms with Gasteiger partial charge in [-0.05, 0) is 45.3 Å². The number of rotatable bonds is 5. The van der Waals surface area contributed by atoms with E-state index in [4.69, 9.17) is 13.9 Å². The first-order chi connectivity index (χ1) is 9.77. The van der Waals surface area contributed by atoms with Crippen molar-refractivity contribution in [3.05, 3.63) is 0 Å². The molecule has 130 valence electrons. The highest BCUT2D eigenvalue weighted by molar-refractivity contribution is 6.74. The van der Waals surface area contributed by atoms with Crippen LogP contribution >= 0.6 is 0 Å². The maximum absolute atomic E-state index is 11.8. The van der Waals surface area contributed by atoms with E-state index < -0.39 is 14.1 Å². The molecule has 1 heterocycles. The van der Waals surface area contributed by atoms with Crippen LogP contribution in [0.5, 0.6) is 0 Å². The van der Waals surface area contributed by atoms with Gasteiger partial charge in [0.15, 0.2) is 19.9 Å². The third-order valence-corrected chi connectivity index (χ3v) is 9.52. The van der Waals surface area contributed by atoms with E-state index in [1.54, 1.807) is 6.92 Å². The molecule has 0 spiro atoms. The topological polar surface area (TPSA) is 44.8 Å². The fourth-order valence-corrected chi connectivity index (χ4v) is 3.59.